The number of hydrogen-bond acceptors (Lipinski definition) is 5. The Hall–Kier alpha value is -0.200. The first-order chi connectivity index (χ1) is 9.02. The standard InChI is InChI=1S/C14H29NO4/c1-12(2)19-8-7-17-10-13(16)9-15-14(3)5-4-6-18-11-14/h12-13,15-16H,4-11H2,1-3H3. The van der Waals surface area contributed by atoms with Crippen molar-refractivity contribution in [1.29, 1.82) is 0 Å². The number of aliphatic hydroxyl groups is 1. The molecule has 0 aliphatic carbocycles. The van der Waals surface area contributed by atoms with Gasteiger partial charge in [0.15, 0.2) is 0 Å². The third kappa shape index (κ3) is 7.84. The second-order valence-corrected chi connectivity index (χ2v) is 5.75. The molecule has 1 saturated heterocycles. The number of nitrogens with one attached hydrogen (secondary N) is 1. The minimum Gasteiger partial charge on any atom is -0.389 e. The average molecular weight is 275 g/mol. The summed E-state index contributed by atoms with van der Waals surface area (Å²) < 4.78 is 16.2. The van der Waals surface area contributed by atoms with Crippen molar-refractivity contribution in [2.45, 2.75) is 51.4 Å². The van der Waals surface area contributed by atoms with Crippen LogP contribution in [-0.4, -0.2) is 62.4 Å². The van der Waals surface area contributed by atoms with E-state index in [-0.39, 0.29) is 11.6 Å². The minimum atomic E-state index is -0.488. The van der Waals surface area contributed by atoms with Gasteiger partial charge in [-0.3, -0.25) is 0 Å². The number of rotatable bonds is 9. The molecule has 1 fully saturated rings. The summed E-state index contributed by atoms with van der Waals surface area (Å²) in [6.45, 7) is 9.64. The zero-order valence-electron chi connectivity index (χ0n) is 12.5. The maximum Gasteiger partial charge on any atom is 0.0897 e. The normalized spacial score (nSPS) is 25.7. The van der Waals surface area contributed by atoms with Crippen LogP contribution in [0.25, 0.3) is 0 Å². The quantitative estimate of drug-likeness (QED) is 0.614. The molecule has 1 heterocycles. The molecule has 2 unspecified atom stereocenters. The molecule has 1 rings (SSSR count). The van der Waals surface area contributed by atoms with Gasteiger partial charge in [-0.05, 0) is 33.6 Å². The topological polar surface area (TPSA) is 60.0 Å². The summed E-state index contributed by atoms with van der Waals surface area (Å²) in [4.78, 5) is 0. The Labute approximate surface area is 116 Å². The van der Waals surface area contributed by atoms with E-state index in [1.54, 1.807) is 0 Å². The molecule has 0 saturated carbocycles. The van der Waals surface area contributed by atoms with Gasteiger partial charge in [0, 0.05) is 18.7 Å². The van der Waals surface area contributed by atoms with E-state index in [2.05, 4.69) is 12.2 Å². The zero-order valence-corrected chi connectivity index (χ0v) is 12.5. The minimum absolute atomic E-state index is 0.0139. The van der Waals surface area contributed by atoms with E-state index in [0.717, 1.165) is 19.4 Å². The van der Waals surface area contributed by atoms with Gasteiger partial charge in [0.05, 0.1) is 38.6 Å². The van der Waals surface area contributed by atoms with Gasteiger partial charge in [0.25, 0.3) is 0 Å². The van der Waals surface area contributed by atoms with Gasteiger partial charge in [0.1, 0.15) is 0 Å². The fourth-order valence-corrected chi connectivity index (χ4v) is 2.06. The van der Waals surface area contributed by atoms with Crippen LogP contribution in [-0.2, 0) is 14.2 Å². The third-order valence-electron chi connectivity index (χ3n) is 3.19. The van der Waals surface area contributed by atoms with Gasteiger partial charge in [-0.15, -0.1) is 0 Å². The van der Waals surface area contributed by atoms with Crippen LogP contribution in [0.3, 0.4) is 0 Å². The summed E-state index contributed by atoms with van der Waals surface area (Å²) in [5.74, 6) is 0. The van der Waals surface area contributed by atoms with E-state index in [1.807, 2.05) is 13.8 Å². The lowest BCUT2D eigenvalue weighted by Gasteiger charge is -2.35. The van der Waals surface area contributed by atoms with Crippen LogP contribution in [0.1, 0.15) is 33.6 Å². The van der Waals surface area contributed by atoms with Gasteiger partial charge >= 0.3 is 0 Å². The summed E-state index contributed by atoms with van der Waals surface area (Å²) in [6, 6.07) is 0. The average Bonchev–Trinajstić information content (AvgIpc) is 2.37. The third-order valence-corrected chi connectivity index (χ3v) is 3.19. The van der Waals surface area contributed by atoms with Crippen LogP contribution >= 0.6 is 0 Å². The molecule has 0 amide bonds. The smallest absolute Gasteiger partial charge is 0.0897 e. The van der Waals surface area contributed by atoms with Crippen LogP contribution < -0.4 is 5.32 Å². The van der Waals surface area contributed by atoms with Crippen molar-refractivity contribution in [1.82, 2.24) is 5.32 Å². The Kier molecular flexibility index (Phi) is 7.87. The highest BCUT2D eigenvalue weighted by Gasteiger charge is 2.27. The maximum absolute atomic E-state index is 9.83. The maximum atomic E-state index is 9.83. The van der Waals surface area contributed by atoms with Gasteiger partial charge in [-0.1, -0.05) is 0 Å². The van der Waals surface area contributed by atoms with E-state index in [0.29, 0.717) is 33.0 Å². The van der Waals surface area contributed by atoms with E-state index in [1.165, 1.54) is 0 Å². The van der Waals surface area contributed by atoms with Gasteiger partial charge < -0.3 is 24.6 Å². The molecule has 0 aromatic rings. The lowest BCUT2D eigenvalue weighted by Crippen LogP contribution is -2.51. The fourth-order valence-electron chi connectivity index (χ4n) is 2.06. The lowest BCUT2D eigenvalue weighted by molar-refractivity contribution is -0.0173. The van der Waals surface area contributed by atoms with Crippen molar-refractivity contribution in [3.05, 3.63) is 0 Å². The molecule has 0 bridgehead atoms. The molecule has 0 aromatic heterocycles. The van der Waals surface area contributed by atoms with Crippen LogP contribution in [0, 0.1) is 0 Å². The molecule has 1 aliphatic heterocycles. The Morgan fingerprint density at radius 3 is 2.79 bits per heavy atom. The summed E-state index contributed by atoms with van der Waals surface area (Å²) in [6.07, 6.45) is 1.89. The van der Waals surface area contributed by atoms with Gasteiger partial charge in [0.2, 0.25) is 0 Å². The Balaban J connectivity index is 2.02. The fraction of sp³-hybridized carbons (Fsp3) is 1.00. The molecular weight excluding hydrogens is 246 g/mol. The van der Waals surface area contributed by atoms with Gasteiger partial charge in [-0.2, -0.15) is 0 Å². The molecular formula is C14H29NO4. The van der Waals surface area contributed by atoms with E-state index < -0.39 is 6.10 Å². The summed E-state index contributed by atoms with van der Waals surface area (Å²) in [5.41, 5.74) is -0.0139. The molecule has 0 aromatic carbocycles. The summed E-state index contributed by atoms with van der Waals surface area (Å²) in [5, 5.41) is 13.2. The molecule has 5 heteroatoms. The molecule has 2 atom stereocenters. The number of β-amino-alcohol motifs (C(OH)–C–C–N with tert-alkyl or cyclic N) is 1. The first-order valence-corrected chi connectivity index (χ1v) is 7.22. The van der Waals surface area contributed by atoms with Crippen molar-refractivity contribution in [2.75, 3.05) is 39.6 Å². The zero-order chi connectivity index (χ0) is 14.1. The monoisotopic (exact) mass is 275 g/mol. The molecule has 5 nitrogen and oxygen atoms in total. The van der Waals surface area contributed by atoms with Crippen LogP contribution in [0.15, 0.2) is 0 Å². The second-order valence-electron chi connectivity index (χ2n) is 5.75. The van der Waals surface area contributed by atoms with Crippen molar-refractivity contribution in [3.8, 4) is 0 Å². The molecule has 114 valence electrons. The molecule has 19 heavy (non-hydrogen) atoms. The molecule has 0 spiro atoms. The highest BCUT2D eigenvalue weighted by Crippen LogP contribution is 2.17. The van der Waals surface area contributed by atoms with Crippen molar-refractivity contribution >= 4 is 0 Å². The van der Waals surface area contributed by atoms with Crippen molar-refractivity contribution in [2.24, 2.45) is 0 Å². The van der Waals surface area contributed by atoms with Crippen molar-refractivity contribution in [3.63, 3.8) is 0 Å². The Bertz CT molecular complexity index is 229. The summed E-state index contributed by atoms with van der Waals surface area (Å²) >= 11 is 0. The Morgan fingerprint density at radius 1 is 1.37 bits per heavy atom. The predicted octanol–water partition coefficient (Wildman–Crippen LogP) is 0.948. The number of ether oxygens (including phenoxy) is 3. The molecule has 0 radical (unpaired) electrons. The number of aliphatic hydroxyl groups excluding tert-OH is 1. The SMILES string of the molecule is CC(C)OCCOCC(O)CNC1(C)CCCOC1. The van der Waals surface area contributed by atoms with E-state index in [9.17, 15) is 5.11 Å². The predicted molar refractivity (Wildman–Crippen MR) is 74.4 cm³/mol. The largest absolute Gasteiger partial charge is 0.389 e. The highest BCUT2D eigenvalue weighted by atomic mass is 16.5. The molecule has 1 aliphatic rings. The first kappa shape index (κ1) is 16.9. The van der Waals surface area contributed by atoms with E-state index >= 15 is 0 Å². The first-order valence-electron chi connectivity index (χ1n) is 7.22. The Morgan fingerprint density at radius 2 is 2.16 bits per heavy atom. The highest BCUT2D eigenvalue weighted by molar-refractivity contribution is 4.86. The molecule has 2 N–H and O–H groups in total. The van der Waals surface area contributed by atoms with Crippen molar-refractivity contribution < 1.29 is 19.3 Å². The van der Waals surface area contributed by atoms with Crippen LogP contribution in [0.4, 0.5) is 0 Å². The van der Waals surface area contributed by atoms with Gasteiger partial charge in [-0.25, -0.2) is 0 Å². The second kappa shape index (κ2) is 8.87. The van der Waals surface area contributed by atoms with E-state index in [4.69, 9.17) is 14.2 Å². The lowest BCUT2D eigenvalue weighted by atomic mass is 9.95. The van der Waals surface area contributed by atoms with Crippen LogP contribution in [0.5, 0.6) is 0 Å². The summed E-state index contributed by atoms with van der Waals surface area (Å²) in [7, 11) is 0. The van der Waals surface area contributed by atoms with Crippen LogP contribution in [0.2, 0.25) is 0 Å². The number of hydrogen-bond donors (Lipinski definition) is 2.